The summed E-state index contributed by atoms with van der Waals surface area (Å²) in [4.78, 5) is 22.8. The highest BCUT2D eigenvalue weighted by Gasteiger charge is 2.22. The van der Waals surface area contributed by atoms with Gasteiger partial charge >= 0.3 is 0 Å². The first-order valence-electron chi connectivity index (χ1n) is 11.1. The van der Waals surface area contributed by atoms with Crippen LogP contribution in [0.4, 0.5) is 11.6 Å². The average Bonchev–Trinajstić information content (AvgIpc) is 3.29. The summed E-state index contributed by atoms with van der Waals surface area (Å²) in [6.45, 7) is 8.15. The zero-order valence-electron chi connectivity index (χ0n) is 18.9. The van der Waals surface area contributed by atoms with Crippen LogP contribution in [0.3, 0.4) is 0 Å². The molecule has 1 aliphatic carbocycles. The zero-order valence-corrected chi connectivity index (χ0v) is 20.5. The molecule has 1 N–H and O–H groups in total. The molecule has 0 radical (unpaired) electrons. The van der Waals surface area contributed by atoms with Gasteiger partial charge < -0.3 is 5.32 Å². The second-order valence-corrected chi connectivity index (χ2v) is 11.1. The number of aromatic nitrogens is 3. The van der Waals surface area contributed by atoms with Crippen LogP contribution in [0.15, 0.2) is 40.2 Å². The Bertz CT molecular complexity index is 1230. The largest absolute Gasteiger partial charge is 0.324 e. The summed E-state index contributed by atoms with van der Waals surface area (Å²) in [5, 5.41) is 4.29. The van der Waals surface area contributed by atoms with Gasteiger partial charge in [-0.2, -0.15) is 4.98 Å². The molecule has 32 heavy (non-hydrogen) atoms. The lowest BCUT2D eigenvalue weighted by molar-refractivity contribution is 0.516. The van der Waals surface area contributed by atoms with Crippen LogP contribution >= 0.6 is 11.6 Å². The summed E-state index contributed by atoms with van der Waals surface area (Å²) in [5.74, 6) is 0.754. The van der Waals surface area contributed by atoms with Crippen molar-refractivity contribution in [2.45, 2.75) is 69.6 Å². The van der Waals surface area contributed by atoms with Crippen molar-refractivity contribution in [3.05, 3.63) is 51.4 Å². The minimum absolute atomic E-state index is 0.0798. The first kappa shape index (κ1) is 22.9. The van der Waals surface area contributed by atoms with Crippen LogP contribution in [0.5, 0.6) is 0 Å². The molecule has 1 saturated carbocycles. The van der Waals surface area contributed by atoms with E-state index >= 15 is 0 Å². The fourth-order valence-electron chi connectivity index (χ4n) is 4.13. The van der Waals surface area contributed by atoms with E-state index in [4.69, 9.17) is 11.6 Å². The molecule has 8 heteroatoms. The molecule has 6 nitrogen and oxygen atoms in total. The van der Waals surface area contributed by atoms with E-state index in [0.717, 1.165) is 47.2 Å². The number of rotatable bonds is 6. The number of hydrogen-bond donors (Lipinski definition) is 1. The standard InChI is InChI=1S/C24H29ClN4O2S/c1-14(2)16(4)32(31)19-9-10-21(15(3)11-19)27-24-26-13-17-12-20(25)23(30)29(22(17)28-24)18-7-5-6-8-18/h9-14,16,18H,5-8H2,1-4H3,(H,26,27,28). The van der Waals surface area contributed by atoms with Gasteiger partial charge in [0, 0.05) is 33.5 Å². The summed E-state index contributed by atoms with van der Waals surface area (Å²) < 4.78 is 14.5. The van der Waals surface area contributed by atoms with Gasteiger partial charge in [-0.25, -0.2) is 4.98 Å². The number of nitrogens with one attached hydrogen (secondary N) is 1. The molecule has 3 aromatic rings. The van der Waals surface area contributed by atoms with Crippen LogP contribution < -0.4 is 10.9 Å². The van der Waals surface area contributed by atoms with E-state index in [0.29, 0.717) is 17.5 Å². The van der Waals surface area contributed by atoms with Crippen molar-refractivity contribution in [2.75, 3.05) is 5.32 Å². The van der Waals surface area contributed by atoms with Crippen molar-refractivity contribution in [3.8, 4) is 0 Å². The molecule has 0 spiro atoms. The van der Waals surface area contributed by atoms with Crippen molar-refractivity contribution < 1.29 is 4.21 Å². The average molecular weight is 473 g/mol. The fourth-order valence-corrected chi connectivity index (χ4v) is 5.76. The molecule has 0 bridgehead atoms. The van der Waals surface area contributed by atoms with Crippen molar-refractivity contribution in [2.24, 2.45) is 5.92 Å². The Labute approximate surface area is 195 Å². The maximum absolute atomic E-state index is 12.8. The Hall–Kier alpha value is -2.25. The third-order valence-electron chi connectivity index (χ3n) is 6.37. The summed E-state index contributed by atoms with van der Waals surface area (Å²) in [7, 11) is -1.06. The molecule has 1 aromatic carbocycles. The van der Waals surface area contributed by atoms with Crippen LogP contribution in [0.2, 0.25) is 5.02 Å². The van der Waals surface area contributed by atoms with Crippen molar-refractivity contribution >= 4 is 45.1 Å². The topological polar surface area (TPSA) is 76.9 Å². The summed E-state index contributed by atoms with van der Waals surface area (Å²) in [6.07, 6.45) is 5.81. The number of aryl methyl sites for hydroxylation is 1. The quantitative estimate of drug-likeness (QED) is 0.493. The van der Waals surface area contributed by atoms with Crippen LogP contribution in [0, 0.1) is 12.8 Å². The molecule has 2 heterocycles. The summed E-state index contributed by atoms with van der Waals surface area (Å²) in [5.41, 5.74) is 2.20. The van der Waals surface area contributed by atoms with Gasteiger partial charge in [-0.15, -0.1) is 0 Å². The minimum Gasteiger partial charge on any atom is -0.324 e. The molecule has 0 amide bonds. The summed E-state index contributed by atoms with van der Waals surface area (Å²) in [6, 6.07) is 7.51. The fraction of sp³-hybridized carbons (Fsp3) is 0.458. The number of fused-ring (bicyclic) bond motifs is 1. The molecule has 2 atom stereocenters. The molecule has 170 valence electrons. The van der Waals surface area contributed by atoms with Crippen LogP contribution in [0.25, 0.3) is 11.0 Å². The number of halogens is 1. The number of nitrogens with zero attached hydrogens (tertiary/aromatic N) is 3. The highest BCUT2D eigenvalue weighted by molar-refractivity contribution is 7.85. The van der Waals surface area contributed by atoms with E-state index in [1.807, 2.05) is 32.0 Å². The Balaban J connectivity index is 1.68. The normalized spacial score (nSPS) is 16.6. The zero-order chi connectivity index (χ0) is 23.0. The second-order valence-electron chi connectivity index (χ2n) is 8.93. The van der Waals surface area contributed by atoms with Gasteiger partial charge in [0.15, 0.2) is 0 Å². The molecule has 0 saturated heterocycles. The molecule has 2 aromatic heterocycles. The third-order valence-corrected chi connectivity index (χ3v) is 8.58. The van der Waals surface area contributed by atoms with E-state index in [1.54, 1.807) is 16.8 Å². The monoisotopic (exact) mass is 472 g/mol. The van der Waals surface area contributed by atoms with Gasteiger partial charge in [-0.05, 0) is 55.5 Å². The van der Waals surface area contributed by atoms with E-state index in [9.17, 15) is 9.00 Å². The number of hydrogen-bond acceptors (Lipinski definition) is 5. The van der Waals surface area contributed by atoms with Crippen LogP contribution in [-0.4, -0.2) is 24.0 Å². The molecule has 1 aliphatic rings. The minimum atomic E-state index is -1.06. The van der Waals surface area contributed by atoms with Crippen molar-refractivity contribution in [1.82, 2.24) is 14.5 Å². The smallest absolute Gasteiger partial charge is 0.271 e. The lowest BCUT2D eigenvalue weighted by Crippen LogP contribution is -2.25. The third kappa shape index (κ3) is 4.46. The lowest BCUT2D eigenvalue weighted by atomic mass is 10.2. The lowest BCUT2D eigenvalue weighted by Gasteiger charge is -2.18. The van der Waals surface area contributed by atoms with Gasteiger partial charge in [0.1, 0.15) is 10.7 Å². The number of benzene rings is 1. The molecular formula is C24H29ClN4O2S. The molecule has 2 unspecified atom stereocenters. The van der Waals surface area contributed by atoms with E-state index in [-0.39, 0.29) is 21.9 Å². The molecule has 0 aliphatic heterocycles. The van der Waals surface area contributed by atoms with E-state index in [1.165, 1.54) is 0 Å². The second kappa shape index (κ2) is 9.32. The highest BCUT2D eigenvalue weighted by Crippen LogP contribution is 2.31. The predicted octanol–water partition coefficient (Wildman–Crippen LogP) is 5.76. The Kier molecular flexibility index (Phi) is 6.67. The highest BCUT2D eigenvalue weighted by atomic mass is 35.5. The Morgan fingerprint density at radius 1 is 1.19 bits per heavy atom. The SMILES string of the molecule is Cc1cc(S(=O)C(C)C(C)C)ccc1Nc1ncc2cc(Cl)c(=O)n(C3CCCC3)c2n1. The number of anilines is 2. The van der Waals surface area contributed by atoms with Crippen LogP contribution in [0.1, 0.15) is 58.1 Å². The predicted molar refractivity (Wildman–Crippen MR) is 131 cm³/mol. The van der Waals surface area contributed by atoms with Gasteiger partial charge in [0.05, 0.1) is 10.8 Å². The van der Waals surface area contributed by atoms with Crippen LogP contribution in [-0.2, 0) is 10.8 Å². The summed E-state index contributed by atoms with van der Waals surface area (Å²) >= 11 is 6.21. The Morgan fingerprint density at radius 2 is 1.91 bits per heavy atom. The van der Waals surface area contributed by atoms with Gasteiger partial charge in [-0.3, -0.25) is 13.6 Å². The van der Waals surface area contributed by atoms with Gasteiger partial charge in [0.25, 0.3) is 5.56 Å². The molecule has 1 fully saturated rings. The first-order chi connectivity index (χ1) is 15.3. The van der Waals surface area contributed by atoms with E-state index in [2.05, 4.69) is 29.1 Å². The molecular weight excluding hydrogens is 444 g/mol. The maximum atomic E-state index is 12.8. The Morgan fingerprint density at radius 3 is 2.56 bits per heavy atom. The van der Waals surface area contributed by atoms with Gasteiger partial charge in [0.2, 0.25) is 5.95 Å². The van der Waals surface area contributed by atoms with E-state index < -0.39 is 10.8 Å². The van der Waals surface area contributed by atoms with Crippen molar-refractivity contribution in [1.29, 1.82) is 0 Å². The first-order valence-corrected chi connectivity index (χ1v) is 12.7. The van der Waals surface area contributed by atoms with Crippen molar-refractivity contribution in [3.63, 3.8) is 0 Å². The maximum Gasteiger partial charge on any atom is 0.271 e. The number of pyridine rings is 1. The van der Waals surface area contributed by atoms with Gasteiger partial charge in [-0.1, -0.05) is 45.2 Å². The molecule has 4 rings (SSSR count).